The van der Waals surface area contributed by atoms with Crippen molar-refractivity contribution in [2.75, 3.05) is 6.54 Å². The van der Waals surface area contributed by atoms with Crippen molar-refractivity contribution in [2.45, 2.75) is 13.5 Å². The van der Waals surface area contributed by atoms with Gasteiger partial charge in [-0.15, -0.1) is 0 Å². The highest BCUT2D eigenvalue weighted by Crippen LogP contribution is 2.23. The van der Waals surface area contributed by atoms with Crippen LogP contribution >= 0.6 is 23.2 Å². The highest BCUT2D eigenvalue weighted by atomic mass is 35.5. The van der Waals surface area contributed by atoms with Gasteiger partial charge in [-0.1, -0.05) is 59.6 Å². The van der Waals surface area contributed by atoms with Crippen LogP contribution in [0.1, 0.15) is 22.8 Å². The molecule has 6 heteroatoms. The Bertz CT molecular complexity index is 899. The van der Waals surface area contributed by atoms with Crippen LogP contribution in [0.2, 0.25) is 10.0 Å². The molecule has 1 heterocycles. The van der Waals surface area contributed by atoms with Crippen molar-refractivity contribution < 1.29 is 4.79 Å². The number of hydrogen-bond donors (Lipinski definition) is 0. The van der Waals surface area contributed by atoms with Gasteiger partial charge in [0, 0.05) is 31.0 Å². The maximum absolute atomic E-state index is 12.8. The SMILES string of the molecule is CCN(Cc1ccc(Cl)c(Cl)c1)C(=O)c1cnc(-c2ccccc2)nc1. The van der Waals surface area contributed by atoms with Crippen LogP contribution in [0.3, 0.4) is 0 Å². The molecule has 3 rings (SSSR count). The van der Waals surface area contributed by atoms with E-state index in [4.69, 9.17) is 23.2 Å². The first kappa shape index (κ1) is 18.4. The Morgan fingerprint density at radius 1 is 1.00 bits per heavy atom. The quantitative estimate of drug-likeness (QED) is 0.612. The first-order chi connectivity index (χ1) is 12.6. The van der Waals surface area contributed by atoms with E-state index in [1.165, 1.54) is 0 Å². The fourth-order valence-corrected chi connectivity index (χ4v) is 2.86. The monoisotopic (exact) mass is 385 g/mol. The molecule has 0 aliphatic carbocycles. The van der Waals surface area contributed by atoms with E-state index in [9.17, 15) is 4.79 Å². The lowest BCUT2D eigenvalue weighted by Crippen LogP contribution is -2.30. The van der Waals surface area contributed by atoms with Gasteiger partial charge < -0.3 is 4.90 Å². The third-order valence-corrected chi connectivity index (χ3v) is 4.70. The van der Waals surface area contributed by atoms with E-state index in [-0.39, 0.29) is 5.91 Å². The molecule has 0 fully saturated rings. The van der Waals surface area contributed by atoms with E-state index in [1.54, 1.807) is 29.4 Å². The maximum Gasteiger partial charge on any atom is 0.257 e. The van der Waals surface area contributed by atoms with Crippen LogP contribution in [0.5, 0.6) is 0 Å². The number of amides is 1. The Balaban J connectivity index is 1.76. The summed E-state index contributed by atoms with van der Waals surface area (Å²) in [5.41, 5.74) is 2.28. The molecule has 0 aliphatic heterocycles. The number of rotatable bonds is 5. The molecule has 4 nitrogen and oxygen atoms in total. The first-order valence-corrected chi connectivity index (χ1v) is 8.94. The summed E-state index contributed by atoms with van der Waals surface area (Å²) in [6, 6.07) is 15.0. The van der Waals surface area contributed by atoms with Gasteiger partial charge in [-0.05, 0) is 24.6 Å². The van der Waals surface area contributed by atoms with Gasteiger partial charge in [-0.3, -0.25) is 4.79 Å². The molecule has 0 unspecified atom stereocenters. The van der Waals surface area contributed by atoms with Crippen LogP contribution in [-0.4, -0.2) is 27.3 Å². The summed E-state index contributed by atoms with van der Waals surface area (Å²) in [7, 11) is 0. The summed E-state index contributed by atoms with van der Waals surface area (Å²) in [6.07, 6.45) is 3.13. The van der Waals surface area contributed by atoms with Gasteiger partial charge in [0.15, 0.2) is 5.82 Å². The van der Waals surface area contributed by atoms with Crippen LogP contribution in [0.25, 0.3) is 11.4 Å². The van der Waals surface area contributed by atoms with E-state index >= 15 is 0 Å². The summed E-state index contributed by atoms with van der Waals surface area (Å²) in [5.74, 6) is 0.466. The van der Waals surface area contributed by atoms with Gasteiger partial charge in [-0.2, -0.15) is 0 Å². The molecule has 0 N–H and O–H groups in total. The van der Waals surface area contributed by atoms with E-state index in [2.05, 4.69) is 9.97 Å². The molecule has 0 saturated heterocycles. The van der Waals surface area contributed by atoms with Crippen molar-refractivity contribution in [1.82, 2.24) is 14.9 Å². The minimum absolute atomic E-state index is 0.127. The van der Waals surface area contributed by atoms with Gasteiger partial charge in [0.2, 0.25) is 0 Å². The second-order valence-electron chi connectivity index (χ2n) is 5.73. The first-order valence-electron chi connectivity index (χ1n) is 8.19. The van der Waals surface area contributed by atoms with Crippen molar-refractivity contribution >= 4 is 29.1 Å². The normalized spacial score (nSPS) is 10.6. The van der Waals surface area contributed by atoms with Crippen LogP contribution in [0.15, 0.2) is 60.9 Å². The van der Waals surface area contributed by atoms with Crippen molar-refractivity contribution in [3.63, 3.8) is 0 Å². The fraction of sp³-hybridized carbons (Fsp3) is 0.150. The van der Waals surface area contributed by atoms with E-state index in [0.717, 1.165) is 11.1 Å². The molecule has 132 valence electrons. The molecule has 0 radical (unpaired) electrons. The lowest BCUT2D eigenvalue weighted by molar-refractivity contribution is 0.0751. The number of aromatic nitrogens is 2. The lowest BCUT2D eigenvalue weighted by Gasteiger charge is -2.21. The summed E-state index contributed by atoms with van der Waals surface area (Å²) < 4.78 is 0. The smallest absolute Gasteiger partial charge is 0.257 e. The number of benzene rings is 2. The number of halogens is 2. The number of carbonyl (C=O) groups is 1. The summed E-state index contributed by atoms with van der Waals surface area (Å²) in [6.45, 7) is 2.92. The topological polar surface area (TPSA) is 46.1 Å². The third kappa shape index (κ3) is 4.21. The molecule has 3 aromatic rings. The predicted octanol–water partition coefficient (Wildman–Crippen LogP) is 5.11. The minimum atomic E-state index is -0.127. The average Bonchev–Trinajstić information content (AvgIpc) is 2.69. The number of nitrogens with zero attached hydrogens (tertiary/aromatic N) is 3. The Kier molecular flexibility index (Phi) is 5.86. The Morgan fingerprint density at radius 3 is 2.31 bits per heavy atom. The van der Waals surface area contributed by atoms with Crippen LogP contribution < -0.4 is 0 Å². The maximum atomic E-state index is 12.8. The van der Waals surface area contributed by atoms with Crippen LogP contribution in [0, 0.1) is 0 Å². The molecule has 0 saturated carbocycles. The zero-order valence-corrected chi connectivity index (χ0v) is 15.7. The number of hydrogen-bond acceptors (Lipinski definition) is 3. The van der Waals surface area contributed by atoms with Crippen LogP contribution in [-0.2, 0) is 6.54 Å². The zero-order valence-electron chi connectivity index (χ0n) is 14.2. The van der Waals surface area contributed by atoms with Gasteiger partial charge in [0.05, 0.1) is 15.6 Å². The Morgan fingerprint density at radius 2 is 1.69 bits per heavy atom. The summed E-state index contributed by atoms with van der Waals surface area (Å²) in [5, 5.41) is 0.970. The Hall–Kier alpha value is -2.43. The minimum Gasteiger partial charge on any atom is -0.335 e. The van der Waals surface area contributed by atoms with Crippen molar-refractivity contribution in [3.8, 4) is 11.4 Å². The molecule has 0 aliphatic rings. The summed E-state index contributed by atoms with van der Waals surface area (Å²) in [4.78, 5) is 23.1. The van der Waals surface area contributed by atoms with Gasteiger partial charge >= 0.3 is 0 Å². The van der Waals surface area contributed by atoms with Gasteiger partial charge in [0.25, 0.3) is 5.91 Å². The second-order valence-corrected chi connectivity index (χ2v) is 6.54. The number of carbonyl (C=O) groups excluding carboxylic acids is 1. The van der Waals surface area contributed by atoms with Crippen LogP contribution in [0.4, 0.5) is 0 Å². The second kappa shape index (κ2) is 8.30. The van der Waals surface area contributed by atoms with E-state index in [0.29, 0.717) is 34.5 Å². The fourth-order valence-electron chi connectivity index (χ4n) is 2.54. The molecule has 0 spiro atoms. The summed E-state index contributed by atoms with van der Waals surface area (Å²) >= 11 is 12.0. The largest absolute Gasteiger partial charge is 0.335 e. The molecule has 2 aromatic carbocycles. The van der Waals surface area contributed by atoms with Crippen molar-refractivity contribution in [2.24, 2.45) is 0 Å². The molecule has 0 atom stereocenters. The molecule has 1 aromatic heterocycles. The molecular weight excluding hydrogens is 369 g/mol. The molecular formula is C20H17Cl2N3O. The van der Waals surface area contributed by atoms with Gasteiger partial charge in [0.1, 0.15) is 0 Å². The highest BCUT2D eigenvalue weighted by Gasteiger charge is 2.16. The van der Waals surface area contributed by atoms with Crippen molar-refractivity contribution in [3.05, 3.63) is 82.1 Å². The standard InChI is InChI=1S/C20H17Cl2N3O/c1-2-25(13-14-8-9-17(21)18(22)10-14)20(26)16-11-23-19(24-12-16)15-6-4-3-5-7-15/h3-12H,2,13H2,1H3. The van der Waals surface area contributed by atoms with Gasteiger partial charge in [-0.25, -0.2) is 9.97 Å². The molecule has 1 amide bonds. The highest BCUT2D eigenvalue weighted by molar-refractivity contribution is 6.42. The third-order valence-electron chi connectivity index (χ3n) is 3.96. The zero-order chi connectivity index (χ0) is 18.5. The molecule has 26 heavy (non-hydrogen) atoms. The lowest BCUT2D eigenvalue weighted by atomic mass is 10.2. The predicted molar refractivity (Wildman–Crippen MR) is 104 cm³/mol. The van der Waals surface area contributed by atoms with Crippen molar-refractivity contribution in [1.29, 1.82) is 0 Å². The molecule has 0 bridgehead atoms. The van der Waals surface area contributed by atoms with E-state index < -0.39 is 0 Å². The average molecular weight is 386 g/mol. The van der Waals surface area contributed by atoms with E-state index in [1.807, 2.05) is 43.3 Å². The Labute approximate surface area is 162 Å².